The summed E-state index contributed by atoms with van der Waals surface area (Å²) in [6.45, 7) is 0. The smallest absolute Gasteiger partial charge is 0.129 e. The van der Waals surface area contributed by atoms with Gasteiger partial charge in [0.2, 0.25) is 0 Å². The SMILES string of the molecule is COc1ccc2ccccc2c1C=Nc1cccc(Oc2ccccc2)c1. The van der Waals surface area contributed by atoms with E-state index in [-0.39, 0.29) is 0 Å². The van der Waals surface area contributed by atoms with Crippen molar-refractivity contribution in [2.75, 3.05) is 7.11 Å². The van der Waals surface area contributed by atoms with Crippen molar-refractivity contribution in [3.63, 3.8) is 0 Å². The quantitative estimate of drug-likeness (QED) is 0.389. The van der Waals surface area contributed by atoms with E-state index in [1.807, 2.05) is 79.0 Å². The van der Waals surface area contributed by atoms with Crippen molar-refractivity contribution in [1.82, 2.24) is 0 Å². The van der Waals surface area contributed by atoms with E-state index < -0.39 is 0 Å². The van der Waals surface area contributed by atoms with Crippen LogP contribution in [0.4, 0.5) is 5.69 Å². The molecular weight excluding hydrogens is 334 g/mol. The number of methoxy groups -OCH3 is 1. The predicted octanol–water partition coefficient (Wildman–Crippen LogP) is 6.39. The first-order chi connectivity index (χ1) is 13.3. The molecule has 0 aromatic heterocycles. The van der Waals surface area contributed by atoms with Crippen LogP contribution < -0.4 is 9.47 Å². The summed E-state index contributed by atoms with van der Waals surface area (Å²) < 4.78 is 11.4. The first-order valence-corrected chi connectivity index (χ1v) is 8.76. The van der Waals surface area contributed by atoms with E-state index in [2.05, 4.69) is 23.2 Å². The van der Waals surface area contributed by atoms with Gasteiger partial charge in [0.05, 0.1) is 12.8 Å². The molecule has 0 saturated heterocycles. The van der Waals surface area contributed by atoms with E-state index in [0.717, 1.165) is 39.3 Å². The Kier molecular flexibility index (Phi) is 4.84. The minimum Gasteiger partial charge on any atom is -0.496 e. The number of benzene rings is 4. The van der Waals surface area contributed by atoms with Crippen LogP contribution >= 0.6 is 0 Å². The second kappa shape index (κ2) is 7.75. The summed E-state index contributed by atoms with van der Waals surface area (Å²) in [6, 6.07) is 29.7. The molecule has 0 saturated carbocycles. The molecule has 0 atom stereocenters. The fraction of sp³-hybridized carbons (Fsp3) is 0.0417. The molecule has 0 radical (unpaired) electrons. The number of ether oxygens (including phenoxy) is 2. The Labute approximate surface area is 158 Å². The van der Waals surface area contributed by atoms with Crippen molar-refractivity contribution in [2.24, 2.45) is 4.99 Å². The lowest BCUT2D eigenvalue weighted by Crippen LogP contribution is -1.92. The number of hydrogen-bond acceptors (Lipinski definition) is 3. The van der Waals surface area contributed by atoms with Crippen molar-refractivity contribution in [3.05, 3.63) is 96.6 Å². The predicted molar refractivity (Wildman–Crippen MR) is 111 cm³/mol. The van der Waals surface area contributed by atoms with Gasteiger partial charge in [-0.2, -0.15) is 0 Å². The number of aliphatic imine (C=N–C) groups is 1. The highest BCUT2D eigenvalue weighted by Crippen LogP contribution is 2.28. The van der Waals surface area contributed by atoms with Crippen molar-refractivity contribution in [2.45, 2.75) is 0 Å². The van der Waals surface area contributed by atoms with Gasteiger partial charge in [-0.05, 0) is 41.1 Å². The normalized spacial score (nSPS) is 11.0. The zero-order valence-electron chi connectivity index (χ0n) is 15.0. The van der Waals surface area contributed by atoms with E-state index in [1.54, 1.807) is 7.11 Å². The van der Waals surface area contributed by atoms with Crippen LogP contribution in [-0.4, -0.2) is 13.3 Å². The molecule has 3 nitrogen and oxygen atoms in total. The third-order valence-electron chi connectivity index (χ3n) is 4.29. The van der Waals surface area contributed by atoms with Crippen molar-refractivity contribution >= 4 is 22.7 Å². The summed E-state index contributed by atoms with van der Waals surface area (Å²) in [5.41, 5.74) is 1.78. The molecule has 3 heteroatoms. The zero-order valence-corrected chi connectivity index (χ0v) is 15.0. The maximum Gasteiger partial charge on any atom is 0.129 e. The summed E-state index contributed by atoms with van der Waals surface area (Å²) in [4.78, 5) is 4.65. The molecule has 0 heterocycles. The molecule has 4 aromatic carbocycles. The molecule has 0 aliphatic carbocycles. The average Bonchev–Trinajstić information content (AvgIpc) is 2.73. The van der Waals surface area contributed by atoms with E-state index in [0.29, 0.717) is 0 Å². The number of hydrogen-bond donors (Lipinski definition) is 0. The molecule has 0 unspecified atom stereocenters. The zero-order chi connectivity index (χ0) is 18.5. The van der Waals surface area contributed by atoms with E-state index >= 15 is 0 Å². The number of nitrogens with zero attached hydrogens (tertiary/aromatic N) is 1. The van der Waals surface area contributed by atoms with Gasteiger partial charge in [-0.1, -0.05) is 54.6 Å². The van der Waals surface area contributed by atoms with Gasteiger partial charge < -0.3 is 9.47 Å². The standard InChI is InChI=1S/C24H19NO2/c1-26-24-15-14-18-8-5-6-13-22(18)23(24)17-25-19-9-7-12-21(16-19)27-20-10-3-2-4-11-20/h2-17H,1H3. The first-order valence-electron chi connectivity index (χ1n) is 8.76. The summed E-state index contributed by atoms with van der Waals surface area (Å²) in [5, 5.41) is 2.26. The molecule has 0 fully saturated rings. The third kappa shape index (κ3) is 3.82. The topological polar surface area (TPSA) is 30.8 Å². The average molecular weight is 353 g/mol. The van der Waals surface area contributed by atoms with Gasteiger partial charge in [0.1, 0.15) is 17.2 Å². The molecule has 4 aromatic rings. The molecule has 0 bridgehead atoms. The van der Waals surface area contributed by atoms with Gasteiger partial charge in [0.25, 0.3) is 0 Å². The van der Waals surface area contributed by atoms with Gasteiger partial charge in [-0.15, -0.1) is 0 Å². The summed E-state index contributed by atoms with van der Waals surface area (Å²) in [5.74, 6) is 2.35. The van der Waals surface area contributed by atoms with Gasteiger partial charge in [0, 0.05) is 17.8 Å². The van der Waals surface area contributed by atoms with Crippen molar-refractivity contribution < 1.29 is 9.47 Å². The van der Waals surface area contributed by atoms with Gasteiger partial charge >= 0.3 is 0 Å². The Bertz CT molecular complexity index is 1090. The largest absolute Gasteiger partial charge is 0.496 e. The Balaban J connectivity index is 1.66. The minimum absolute atomic E-state index is 0.751. The Morgan fingerprint density at radius 3 is 2.37 bits per heavy atom. The second-order valence-corrected chi connectivity index (χ2v) is 6.07. The first kappa shape index (κ1) is 16.9. The van der Waals surface area contributed by atoms with E-state index in [1.165, 1.54) is 0 Å². The fourth-order valence-electron chi connectivity index (χ4n) is 2.98. The lowest BCUT2D eigenvalue weighted by atomic mass is 10.0. The maximum absolute atomic E-state index is 5.89. The number of fused-ring (bicyclic) bond motifs is 1. The Hall–Kier alpha value is -3.59. The molecule has 0 aliphatic rings. The highest BCUT2D eigenvalue weighted by molar-refractivity contribution is 6.03. The summed E-state index contributed by atoms with van der Waals surface area (Å²) in [6.07, 6.45) is 1.85. The van der Waals surface area contributed by atoms with Crippen LogP contribution in [0.2, 0.25) is 0 Å². The van der Waals surface area contributed by atoms with Crippen LogP contribution in [-0.2, 0) is 0 Å². The maximum atomic E-state index is 5.89. The molecular formula is C24H19NO2. The van der Waals surface area contributed by atoms with Crippen LogP contribution in [0.1, 0.15) is 5.56 Å². The summed E-state index contributed by atoms with van der Waals surface area (Å²) >= 11 is 0. The van der Waals surface area contributed by atoms with Crippen LogP contribution in [0.15, 0.2) is 96.0 Å². The van der Waals surface area contributed by atoms with E-state index in [4.69, 9.17) is 9.47 Å². The monoisotopic (exact) mass is 353 g/mol. The van der Waals surface area contributed by atoms with Crippen LogP contribution in [0.5, 0.6) is 17.2 Å². The number of rotatable bonds is 5. The van der Waals surface area contributed by atoms with Gasteiger partial charge in [-0.3, -0.25) is 4.99 Å². The highest BCUT2D eigenvalue weighted by atomic mass is 16.5. The molecule has 0 aliphatic heterocycles. The fourth-order valence-corrected chi connectivity index (χ4v) is 2.98. The molecule has 0 N–H and O–H groups in total. The van der Waals surface area contributed by atoms with Gasteiger partial charge in [0.15, 0.2) is 0 Å². The molecule has 27 heavy (non-hydrogen) atoms. The molecule has 132 valence electrons. The van der Waals surface area contributed by atoms with Crippen LogP contribution in [0, 0.1) is 0 Å². The molecule has 4 rings (SSSR count). The minimum atomic E-state index is 0.751. The van der Waals surface area contributed by atoms with Crippen LogP contribution in [0.25, 0.3) is 10.8 Å². The third-order valence-corrected chi connectivity index (χ3v) is 4.29. The Morgan fingerprint density at radius 2 is 1.52 bits per heavy atom. The van der Waals surface area contributed by atoms with Crippen molar-refractivity contribution in [3.8, 4) is 17.2 Å². The number of para-hydroxylation sites is 1. The molecule has 0 spiro atoms. The lowest BCUT2D eigenvalue weighted by molar-refractivity contribution is 0.415. The summed E-state index contributed by atoms with van der Waals surface area (Å²) in [7, 11) is 1.68. The Morgan fingerprint density at radius 1 is 0.741 bits per heavy atom. The van der Waals surface area contributed by atoms with Crippen LogP contribution in [0.3, 0.4) is 0 Å². The van der Waals surface area contributed by atoms with Gasteiger partial charge in [-0.25, -0.2) is 0 Å². The molecule has 0 amide bonds. The van der Waals surface area contributed by atoms with E-state index in [9.17, 15) is 0 Å². The highest BCUT2D eigenvalue weighted by Gasteiger charge is 2.06. The second-order valence-electron chi connectivity index (χ2n) is 6.07. The van der Waals surface area contributed by atoms with Crippen molar-refractivity contribution in [1.29, 1.82) is 0 Å². The lowest BCUT2D eigenvalue weighted by Gasteiger charge is -2.09.